The number of methoxy groups -OCH3 is 3. The lowest BCUT2D eigenvalue weighted by molar-refractivity contribution is 0.198. The van der Waals surface area contributed by atoms with E-state index in [1.54, 1.807) is 31.5 Å². The maximum Gasteiger partial charge on any atom is 0.266 e. The van der Waals surface area contributed by atoms with Gasteiger partial charge in [-0.25, -0.2) is 13.4 Å². The van der Waals surface area contributed by atoms with Gasteiger partial charge in [0, 0.05) is 26.3 Å². The van der Waals surface area contributed by atoms with Gasteiger partial charge in [0.1, 0.15) is 22.2 Å². The third-order valence-corrected chi connectivity index (χ3v) is 4.89. The predicted octanol–water partition coefficient (Wildman–Crippen LogP) is 2.35. The second-order valence-electron chi connectivity index (χ2n) is 5.33. The van der Waals surface area contributed by atoms with Gasteiger partial charge in [0.25, 0.3) is 10.0 Å². The molecule has 26 heavy (non-hydrogen) atoms. The van der Waals surface area contributed by atoms with Crippen LogP contribution >= 0.6 is 0 Å². The molecule has 2 N–H and O–H groups in total. The molecule has 1 heterocycles. The van der Waals surface area contributed by atoms with Crippen LogP contribution in [0.15, 0.2) is 41.4 Å². The van der Waals surface area contributed by atoms with Crippen LogP contribution in [0.1, 0.15) is 6.42 Å². The van der Waals surface area contributed by atoms with Crippen LogP contribution in [0.4, 0.5) is 11.5 Å². The second kappa shape index (κ2) is 9.25. The molecule has 0 aliphatic rings. The van der Waals surface area contributed by atoms with Crippen LogP contribution in [0.3, 0.4) is 0 Å². The molecule has 0 aliphatic heterocycles. The smallest absolute Gasteiger partial charge is 0.266 e. The van der Waals surface area contributed by atoms with Crippen molar-refractivity contribution < 1.29 is 22.6 Å². The molecule has 8 nitrogen and oxygen atoms in total. The Morgan fingerprint density at radius 3 is 2.50 bits per heavy atom. The molecule has 0 radical (unpaired) electrons. The van der Waals surface area contributed by atoms with Crippen LogP contribution in [-0.2, 0) is 14.8 Å². The fourth-order valence-electron chi connectivity index (χ4n) is 2.19. The van der Waals surface area contributed by atoms with E-state index >= 15 is 0 Å². The summed E-state index contributed by atoms with van der Waals surface area (Å²) >= 11 is 0. The van der Waals surface area contributed by atoms with E-state index in [9.17, 15) is 8.42 Å². The van der Waals surface area contributed by atoms with Crippen LogP contribution in [-0.4, -0.2) is 47.9 Å². The van der Waals surface area contributed by atoms with Gasteiger partial charge in [0.2, 0.25) is 0 Å². The number of nitrogens with zero attached hydrogens (tertiary/aromatic N) is 1. The zero-order chi connectivity index (χ0) is 19.0. The lowest BCUT2D eigenvalue weighted by atomic mass is 10.3. The zero-order valence-corrected chi connectivity index (χ0v) is 15.8. The van der Waals surface area contributed by atoms with Gasteiger partial charge in [0.15, 0.2) is 0 Å². The normalized spacial score (nSPS) is 11.0. The minimum atomic E-state index is -3.88. The summed E-state index contributed by atoms with van der Waals surface area (Å²) in [5.41, 5.74) is 0.794. The first-order chi connectivity index (χ1) is 12.5. The van der Waals surface area contributed by atoms with Crippen molar-refractivity contribution in [1.82, 2.24) is 4.98 Å². The molecule has 1 aromatic heterocycles. The SMILES string of the molecule is COCCCNc1ccc(NS(=O)(=O)c2cc(OC)ccc2OC)nc1. The van der Waals surface area contributed by atoms with Gasteiger partial charge in [-0.05, 0) is 30.7 Å². The van der Waals surface area contributed by atoms with Crippen molar-refractivity contribution in [3.63, 3.8) is 0 Å². The van der Waals surface area contributed by atoms with Crippen LogP contribution in [0.25, 0.3) is 0 Å². The second-order valence-corrected chi connectivity index (χ2v) is 6.98. The molecule has 0 saturated carbocycles. The van der Waals surface area contributed by atoms with E-state index in [1.165, 1.54) is 26.4 Å². The highest BCUT2D eigenvalue weighted by atomic mass is 32.2. The molecular formula is C17H23N3O5S. The Hall–Kier alpha value is -2.52. The average Bonchev–Trinajstić information content (AvgIpc) is 2.65. The zero-order valence-electron chi connectivity index (χ0n) is 15.0. The van der Waals surface area contributed by atoms with Gasteiger partial charge in [-0.2, -0.15) is 0 Å². The van der Waals surface area contributed by atoms with Crippen molar-refractivity contribution in [2.24, 2.45) is 0 Å². The Bertz CT molecular complexity index is 810. The number of ether oxygens (including phenoxy) is 3. The highest BCUT2D eigenvalue weighted by Crippen LogP contribution is 2.29. The third-order valence-electron chi connectivity index (χ3n) is 3.52. The van der Waals surface area contributed by atoms with E-state index in [0.717, 1.165) is 18.7 Å². The molecule has 0 bridgehead atoms. The van der Waals surface area contributed by atoms with E-state index in [2.05, 4.69) is 15.0 Å². The molecule has 0 atom stereocenters. The summed E-state index contributed by atoms with van der Waals surface area (Å²) in [5, 5.41) is 3.18. The number of anilines is 2. The number of aromatic nitrogens is 1. The molecule has 0 saturated heterocycles. The van der Waals surface area contributed by atoms with Crippen LogP contribution < -0.4 is 19.5 Å². The number of sulfonamides is 1. The largest absolute Gasteiger partial charge is 0.497 e. The first kappa shape index (κ1) is 19.8. The molecule has 2 aromatic rings. The monoisotopic (exact) mass is 381 g/mol. The summed E-state index contributed by atoms with van der Waals surface area (Å²) in [6, 6.07) is 7.89. The Labute approximate surface area is 153 Å². The summed E-state index contributed by atoms with van der Waals surface area (Å²) in [7, 11) is 0.642. The summed E-state index contributed by atoms with van der Waals surface area (Å²) in [5.74, 6) is 0.835. The van der Waals surface area contributed by atoms with E-state index in [4.69, 9.17) is 14.2 Å². The standard InChI is InChI=1S/C17H23N3O5S/c1-23-10-4-9-18-13-5-8-17(19-12-13)20-26(21,22)16-11-14(24-2)6-7-15(16)25-3/h5-8,11-12,18H,4,9-10H2,1-3H3,(H,19,20). The van der Waals surface area contributed by atoms with Crippen molar-refractivity contribution >= 4 is 21.5 Å². The molecule has 0 amide bonds. The Balaban J connectivity index is 2.12. The summed E-state index contributed by atoms with van der Waals surface area (Å²) in [6.45, 7) is 1.41. The topological polar surface area (TPSA) is 98.8 Å². The van der Waals surface area contributed by atoms with Gasteiger partial charge in [-0.15, -0.1) is 0 Å². The van der Waals surface area contributed by atoms with E-state index in [-0.39, 0.29) is 16.5 Å². The number of rotatable bonds is 10. The minimum Gasteiger partial charge on any atom is -0.497 e. The Morgan fingerprint density at radius 2 is 1.88 bits per heavy atom. The maximum absolute atomic E-state index is 12.7. The third kappa shape index (κ3) is 5.24. The number of nitrogens with one attached hydrogen (secondary N) is 2. The van der Waals surface area contributed by atoms with E-state index in [1.807, 2.05) is 0 Å². The van der Waals surface area contributed by atoms with Gasteiger partial charge >= 0.3 is 0 Å². The highest BCUT2D eigenvalue weighted by Gasteiger charge is 2.21. The number of hydrogen-bond donors (Lipinski definition) is 2. The lowest BCUT2D eigenvalue weighted by Gasteiger charge is -2.13. The predicted molar refractivity (Wildman–Crippen MR) is 99.6 cm³/mol. The van der Waals surface area contributed by atoms with E-state index < -0.39 is 10.0 Å². The molecule has 1 aromatic carbocycles. The summed E-state index contributed by atoms with van der Waals surface area (Å²) in [6.07, 6.45) is 2.42. The van der Waals surface area contributed by atoms with Crippen LogP contribution in [0.2, 0.25) is 0 Å². The fraction of sp³-hybridized carbons (Fsp3) is 0.353. The van der Waals surface area contributed by atoms with Gasteiger partial charge in [-0.1, -0.05) is 0 Å². The molecule has 142 valence electrons. The lowest BCUT2D eigenvalue weighted by Crippen LogP contribution is -2.15. The van der Waals surface area contributed by atoms with Crippen LogP contribution in [0, 0.1) is 0 Å². The molecule has 0 unspecified atom stereocenters. The van der Waals surface area contributed by atoms with Crippen molar-refractivity contribution in [1.29, 1.82) is 0 Å². The minimum absolute atomic E-state index is 0.0251. The Morgan fingerprint density at radius 1 is 1.08 bits per heavy atom. The highest BCUT2D eigenvalue weighted by molar-refractivity contribution is 7.92. The molecular weight excluding hydrogens is 358 g/mol. The van der Waals surface area contributed by atoms with Gasteiger partial charge in [0.05, 0.1) is 26.1 Å². The van der Waals surface area contributed by atoms with E-state index in [0.29, 0.717) is 12.4 Å². The van der Waals surface area contributed by atoms with Crippen LogP contribution in [0.5, 0.6) is 11.5 Å². The molecule has 2 rings (SSSR count). The molecule has 0 spiro atoms. The average molecular weight is 381 g/mol. The number of hydrogen-bond acceptors (Lipinski definition) is 7. The fourth-order valence-corrected chi connectivity index (χ4v) is 3.39. The quantitative estimate of drug-likeness (QED) is 0.610. The van der Waals surface area contributed by atoms with Crippen molar-refractivity contribution in [2.45, 2.75) is 11.3 Å². The Kier molecular flexibility index (Phi) is 7.05. The number of benzene rings is 1. The maximum atomic E-state index is 12.7. The van der Waals surface area contributed by atoms with Crippen molar-refractivity contribution in [2.75, 3.05) is 44.5 Å². The van der Waals surface area contributed by atoms with Crippen molar-refractivity contribution in [3.05, 3.63) is 36.5 Å². The first-order valence-electron chi connectivity index (χ1n) is 7.94. The summed E-state index contributed by atoms with van der Waals surface area (Å²) < 4.78 is 43.0. The van der Waals surface area contributed by atoms with Gasteiger partial charge in [-0.3, -0.25) is 4.72 Å². The summed E-state index contributed by atoms with van der Waals surface area (Å²) in [4.78, 5) is 4.11. The molecule has 0 aliphatic carbocycles. The van der Waals surface area contributed by atoms with Gasteiger partial charge < -0.3 is 19.5 Å². The first-order valence-corrected chi connectivity index (χ1v) is 9.42. The number of pyridine rings is 1. The van der Waals surface area contributed by atoms with Crippen molar-refractivity contribution in [3.8, 4) is 11.5 Å². The molecule has 0 fully saturated rings. The molecule has 9 heteroatoms.